The third-order valence-corrected chi connectivity index (χ3v) is 4.09. The first kappa shape index (κ1) is 13.6. The van der Waals surface area contributed by atoms with Crippen LogP contribution in [0.3, 0.4) is 0 Å². The van der Waals surface area contributed by atoms with Crippen LogP contribution in [0.25, 0.3) is 0 Å². The average molecular weight is 278 g/mol. The zero-order chi connectivity index (χ0) is 15.0. The number of hydrogen-bond acceptors (Lipinski definition) is 4. The summed E-state index contributed by atoms with van der Waals surface area (Å²) in [5.41, 5.74) is 12.4. The molecule has 1 aliphatic rings. The van der Waals surface area contributed by atoms with Crippen LogP contribution in [0.5, 0.6) is 0 Å². The fourth-order valence-electron chi connectivity index (χ4n) is 2.89. The highest BCUT2D eigenvalue weighted by molar-refractivity contribution is 5.56. The number of aromatic nitrogens is 1. The third kappa shape index (κ3) is 2.48. The van der Waals surface area contributed by atoms with Crippen LogP contribution in [0, 0.1) is 25.2 Å². The van der Waals surface area contributed by atoms with Gasteiger partial charge in [0, 0.05) is 25.8 Å². The lowest BCUT2D eigenvalue weighted by Gasteiger charge is -2.17. The highest BCUT2D eigenvalue weighted by Gasteiger charge is 2.24. The van der Waals surface area contributed by atoms with Crippen molar-refractivity contribution in [1.82, 2.24) is 9.88 Å². The van der Waals surface area contributed by atoms with Crippen LogP contribution in [0.4, 0.5) is 5.82 Å². The summed E-state index contributed by atoms with van der Waals surface area (Å²) in [4.78, 5) is 6.45. The lowest BCUT2D eigenvalue weighted by Crippen LogP contribution is -2.16. The number of hydrogen-bond donors (Lipinski definition) is 1. The van der Waals surface area contributed by atoms with E-state index in [1.807, 2.05) is 0 Å². The molecule has 0 unspecified atom stereocenters. The normalized spacial score (nSPS) is 14.0. The summed E-state index contributed by atoms with van der Waals surface area (Å²) in [5.74, 6) is 0.338. The Morgan fingerprint density at radius 1 is 1.33 bits per heavy atom. The molecule has 1 aliphatic heterocycles. The van der Waals surface area contributed by atoms with Gasteiger partial charge in [-0.05, 0) is 36.1 Å². The Hall–Kier alpha value is -2.38. The maximum absolute atomic E-state index is 9.25. The SMILES string of the molecule is Cc1ccc(C)c(CN2Cc3cnc(N)c(C#N)c3C2)c1. The summed E-state index contributed by atoms with van der Waals surface area (Å²) >= 11 is 0. The Balaban J connectivity index is 1.86. The van der Waals surface area contributed by atoms with Crippen molar-refractivity contribution in [2.75, 3.05) is 5.73 Å². The smallest absolute Gasteiger partial charge is 0.141 e. The molecule has 2 N–H and O–H groups in total. The first-order chi connectivity index (χ1) is 10.1. The van der Waals surface area contributed by atoms with Crippen LogP contribution in [0.1, 0.15) is 33.4 Å². The zero-order valence-corrected chi connectivity index (χ0v) is 12.3. The highest BCUT2D eigenvalue weighted by atomic mass is 15.1. The number of nitrogens with zero attached hydrogens (tertiary/aromatic N) is 3. The van der Waals surface area contributed by atoms with E-state index in [0.29, 0.717) is 11.4 Å². The van der Waals surface area contributed by atoms with Crippen LogP contribution in [-0.2, 0) is 19.6 Å². The number of benzene rings is 1. The number of aryl methyl sites for hydroxylation is 2. The first-order valence-corrected chi connectivity index (χ1v) is 7.03. The van der Waals surface area contributed by atoms with E-state index in [1.54, 1.807) is 6.20 Å². The lowest BCUT2D eigenvalue weighted by molar-refractivity contribution is 0.275. The molecule has 0 saturated heterocycles. The van der Waals surface area contributed by atoms with E-state index >= 15 is 0 Å². The standard InChI is InChI=1S/C17H18N4/c1-11-3-4-12(2)13(5-11)8-21-9-14-7-20-17(19)15(6-18)16(14)10-21/h3-5,7H,8-10H2,1-2H3,(H2,19,20). The maximum Gasteiger partial charge on any atom is 0.141 e. The summed E-state index contributed by atoms with van der Waals surface area (Å²) in [6, 6.07) is 8.71. The van der Waals surface area contributed by atoms with Crippen molar-refractivity contribution in [1.29, 1.82) is 5.26 Å². The van der Waals surface area contributed by atoms with Gasteiger partial charge in [0.2, 0.25) is 0 Å². The third-order valence-electron chi connectivity index (χ3n) is 4.09. The van der Waals surface area contributed by atoms with Crippen molar-refractivity contribution in [2.24, 2.45) is 0 Å². The van der Waals surface area contributed by atoms with E-state index in [1.165, 1.54) is 16.7 Å². The molecule has 2 aromatic rings. The monoisotopic (exact) mass is 278 g/mol. The molecule has 1 aromatic carbocycles. The highest BCUT2D eigenvalue weighted by Crippen LogP contribution is 2.29. The van der Waals surface area contributed by atoms with Gasteiger partial charge in [0.05, 0.1) is 5.56 Å². The molecule has 21 heavy (non-hydrogen) atoms. The topological polar surface area (TPSA) is 65.9 Å². The molecule has 106 valence electrons. The fraction of sp³-hybridized carbons (Fsp3) is 0.294. The van der Waals surface area contributed by atoms with Crippen LogP contribution in [0.2, 0.25) is 0 Å². The summed E-state index contributed by atoms with van der Waals surface area (Å²) in [5, 5.41) is 9.25. The lowest BCUT2D eigenvalue weighted by atomic mass is 10.1. The maximum atomic E-state index is 9.25. The Morgan fingerprint density at radius 3 is 2.90 bits per heavy atom. The van der Waals surface area contributed by atoms with Crippen molar-refractivity contribution in [3.05, 3.63) is 57.8 Å². The van der Waals surface area contributed by atoms with E-state index in [4.69, 9.17) is 5.73 Å². The largest absolute Gasteiger partial charge is 0.383 e. The molecule has 3 rings (SSSR count). The Labute approximate surface area is 124 Å². The fourth-order valence-corrected chi connectivity index (χ4v) is 2.89. The first-order valence-electron chi connectivity index (χ1n) is 7.03. The molecule has 4 nitrogen and oxygen atoms in total. The molecule has 0 fully saturated rings. The second-order valence-electron chi connectivity index (χ2n) is 5.71. The number of anilines is 1. The van der Waals surface area contributed by atoms with Crippen LogP contribution in [0.15, 0.2) is 24.4 Å². The van der Waals surface area contributed by atoms with E-state index in [9.17, 15) is 5.26 Å². The molecule has 0 amide bonds. The summed E-state index contributed by atoms with van der Waals surface area (Å²) in [7, 11) is 0. The molecule has 0 bridgehead atoms. The average Bonchev–Trinajstić information content (AvgIpc) is 2.85. The molecular formula is C17H18N4. The molecule has 0 aliphatic carbocycles. The van der Waals surface area contributed by atoms with E-state index < -0.39 is 0 Å². The molecule has 0 saturated carbocycles. The number of nitriles is 1. The second-order valence-corrected chi connectivity index (χ2v) is 5.71. The quantitative estimate of drug-likeness (QED) is 0.917. The molecule has 0 spiro atoms. The Morgan fingerprint density at radius 2 is 2.14 bits per heavy atom. The molecule has 0 atom stereocenters. The minimum Gasteiger partial charge on any atom is -0.383 e. The van der Waals surface area contributed by atoms with Crippen LogP contribution in [-0.4, -0.2) is 9.88 Å². The van der Waals surface area contributed by atoms with E-state index in [0.717, 1.165) is 30.8 Å². The zero-order valence-electron chi connectivity index (χ0n) is 12.3. The van der Waals surface area contributed by atoms with Crippen molar-refractivity contribution >= 4 is 5.82 Å². The number of nitrogens with two attached hydrogens (primary N) is 1. The van der Waals surface area contributed by atoms with Crippen molar-refractivity contribution in [2.45, 2.75) is 33.5 Å². The van der Waals surface area contributed by atoms with E-state index in [-0.39, 0.29) is 0 Å². The summed E-state index contributed by atoms with van der Waals surface area (Å²) in [6.45, 7) is 6.72. The van der Waals surface area contributed by atoms with Crippen LogP contribution < -0.4 is 5.73 Å². The second kappa shape index (κ2) is 5.19. The molecule has 2 heterocycles. The number of rotatable bonds is 2. The van der Waals surface area contributed by atoms with Crippen molar-refractivity contribution < 1.29 is 0 Å². The van der Waals surface area contributed by atoms with Gasteiger partial charge in [0.1, 0.15) is 11.9 Å². The number of nitrogen functional groups attached to an aromatic ring is 1. The van der Waals surface area contributed by atoms with Gasteiger partial charge < -0.3 is 5.73 Å². The van der Waals surface area contributed by atoms with Gasteiger partial charge in [-0.3, -0.25) is 4.90 Å². The minimum atomic E-state index is 0.338. The van der Waals surface area contributed by atoms with Gasteiger partial charge in [-0.25, -0.2) is 4.98 Å². The van der Waals surface area contributed by atoms with Gasteiger partial charge in [-0.15, -0.1) is 0 Å². The molecule has 4 heteroatoms. The number of pyridine rings is 1. The summed E-state index contributed by atoms with van der Waals surface area (Å²) < 4.78 is 0. The van der Waals surface area contributed by atoms with E-state index in [2.05, 4.69) is 48.0 Å². The predicted octanol–water partition coefficient (Wildman–Crippen LogP) is 2.67. The minimum absolute atomic E-state index is 0.338. The van der Waals surface area contributed by atoms with Crippen LogP contribution >= 0.6 is 0 Å². The molecule has 0 radical (unpaired) electrons. The van der Waals surface area contributed by atoms with Crippen molar-refractivity contribution in [3.63, 3.8) is 0 Å². The van der Waals surface area contributed by atoms with Crippen molar-refractivity contribution in [3.8, 4) is 6.07 Å². The Bertz CT molecular complexity index is 741. The van der Waals surface area contributed by atoms with Gasteiger partial charge in [-0.2, -0.15) is 5.26 Å². The van der Waals surface area contributed by atoms with Gasteiger partial charge in [0.15, 0.2) is 0 Å². The van der Waals surface area contributed by atoms with Gasteiger partial charge in [-0.1, -0.05) is 23.8 Å². The summed E-state index contributed by atoms with van der Waals surface area (Å²) in [6.07, 6.45) is 1.80. The predicted molar refractivity (Wildman–Crippen MR) is 82.2 cm³/mol. The molecule has 1 aromatic heterocycles. The van der Waals surface area contributed by atoms with Gasteiger partial charge >= 0.3 is 0 Å². The molecular weight excluding hydrogens is 260 g/mol. The number of fused-ring (bicyclic) bond motifs is 1. The Kier molecular flexibility index (Phi) is 3.36. The van der Waals surface area contributed by atoms with Gasteiger partial charge in [0.25, 0.3) is 0 Å².